The van der Waals surface area contributed by atoms with Crippen LogP contribution in [0.1, 0.15) is 56.3 Å². The van der Waals surface area contributed by atoms with Crippen molar-refractivity contribution < 1.29 is 19.1 Å². The summed E-state index contributed by atoms with van der Waals surface area (Å²) in [5.74, 6) is -1.04. The van der Waals surface area contributed by atoms with E-state index in [0.717, 1.165) is 5.69 Å². The second kappa shape index (κ2) is 7.56. The minimum atomic E-state index is -0.970. The highest BCUT2D eigenvalue weighted by Crippen LogP contribution is 2.21. The Bertz CT molecular complexity index is 865. The van der Waals surface area contributed by atoms with Gasteiger partial charge in [0.15, 0.2) is 11.9 Å². The second-order valence-electron chi connectivity index (χ2n) is 6.54. The molecule has 0 radical (unpaired) electrons. The summed E-state index contributed by atoms with van der Waals surface area (Å²) in [6.45, 7) is 6.43. The van der Waals surface area contributed by atoms with Crippen LogP contribution in [0.15, 0.2) is 24.3 Å². The zero-order chi connectivity index (χ0) is 19.6. The number of nitrogens with zero attached hydrogens (tertiary/aromatic N) is 1. The zero-order valence-corrected chi connectivity index (χ0v) is 16.0. The van der Waals surface area contributed by atoms with Crippen LogP contribution in [0.5, 0.6) is 0 Å². The molecule has 6 nitrogen and oxygen atoms in total. The summed E-state index contributed by atoms with van der Waals surface area (Å²) in [5, 5.41) is 0. The average Bonchev–Trinajstić information content (AvgIpc) is 2.88. The van der Waals surface area contributed by atoms with Gasteiger partial charge in [-0.15, -0.1) is 0 Å². The number of aryl methyl sites for hydroxylation is 1. The van der Waals surface area contributed by atoms with Crippen molar-refractivity contribution in [2.24, 2.45) is 0 Å². The largest absolute Gasteiger partial charge is 0.451 e. The zero-order valence-electron chi connectivity index (χ0n) is 16.0. The Morgan fingerprint density at radius 1 is 1.15 bits per heavy atom. The third-order valence-electron chi connectivity index (χ3n) is 4.29. The van der Waals surface area contributed by atoms with E-state index in [1.165, 1.54) is 13.8 Å². The van der Waals surface area contributed by atoms with Crippen molar-refractivity contribution in [3.05, 3.63) is 52.3 Å². The first-order valence-corrected chi connectivity index (χ1v) is 8.36. The van der Waals surface area contributed by atoms with Gasteiger partial charge in [0, 0.05) is 31.0 Å². The van der Waals surface area contributed by atoms with Crippen molar-refractivity contribution in [3.63, 3.8) is 0 Å². The number of nitrogens with one attached hydrogen (secondary N) is 1. The lowest BCUT2D eigenvalue weighted by atomic mass is 10.0. The smallest absolute Gasteiger partial charge is 0.338 e. The fourth-order valence-corrected chi connectivity index (χ4v) is 2.92. The highest BCUT2D eigenvalue weighted by Gasteiger charge is 2.26. The average molecular weight is 356 g/mol. The third-order valence-corrected chi connectivity index (χ3v) is 4.29. The number of H-pyrrole nitrogens is 1. The van der Waals surface area contributed by atoms with Crippen molar-refractivity contribution in [1.29, 1.82) is 0 Å². The van der Waals surface area contributed by atoms with E-state index in [-0.39, 0.29) is 11.6 Å². The number of ether oxygens (including phenoxy) is 1. The summed E-state index contributed by atoms with van der Waals surface area (Å²) >= 11 is 0. The number of ketones is 2. The first-order chi connectivity index (χ1) is 12.1. The Labute approximate surface area is 153 Å². The van der Waals surface area contributed by atoms with Gasteiger partial charge in [0.05, 0.1) is 11.3 Å². The standard InChI is InChI=1S/C20H24N2O4/c1-11-17(13(3)23)12(2)21-18(11)19(24)14(4)26-20(25)15-8-7-9-16(10-15)22(5)6/h7-10,14,21H,1-6H3/t14-/m0/s1. The molecule has 2 rings (SSSR count). The fraction of sp³-hybridized carbons (Fsp3) is 0.350. The number of anilines is 1. The minimum absolute atomic E-state index is 0.111. The molecule has 26 heavy (non-hydrogen) atoms. The molecule has 0 spiro atoms. The lowest BCUT2D eigenvalue weighted by Gasteiger charge is -2.15. The molecule has 1 aromatic carbocycles. The summed E-state index contributed by atoms with van der Waals surface area (Å²) in [6.07, 6.45) is -0.970. The maximum atomic E-state index is 12.7. The van der Waals surface area contributed by atoms with Crippen LogP contribution in [0.3, 0.4) is 0 Å². The van der Waals surface area contributed by atoms with Crippen LogP contribution >= 0.6 is 0 Å². The quantitative estimate of drug-likeness (QED) is 0.634. The molecule has 0 fully saturated rings. The Balaban J connectivity index is 2.19. The molecule has 1 N–H and O–H groups in total. The molecule has 0 saturated carbocycles. The monoisotopic (exact) mass is 356 g/mol. The van der Waals surface area contributed by atoms with Gasteiger partial charge in [-0.1, -0.05) is 6.07 Å². The molecule has 0 saturated heterocycles. The Kier molecular flexibility index (Phi) is 5.65. The Hall–Kier alpha value is -2.89. The number of benzene rings is 1. The molecule has 0 unspecified atom stereocenters. The SMILES string of the molecule is CC(=O)c1c(C)[nH]c(C(=O)[C@H](C)OC(=O)c2cccc(N(C)C)c2)c1C. The van der Waals surface area contributed by atoms with Gasteiger partial charge >= 0.3 is 5.97 Å². The molecule has 0 aliphatic heterocycles. The molecular formula is C20H24N2O4. The molecule has 0 bridgehead atoms. The molecule has 138 valence electrons. The molecule has 1 heterocycles. The van der Waals surface area contributed by atoms with Crippen LogP contribution in [0.4, 0.5) is 5.69 Å². The van der Waals surface area contributed by atoms with Crippen molar-refractivity contribution in [2.45, 2.75) is 33.8 Å². The number of carbonyl (C=O) groups excluding carboxylic acids is 3. The maximum Gasteiger partial charge on any atom is 0.338 e. The van der Waals surface area contributed by atoms with Gasteiger partial charge in [-0.3, -0.25) is 9.59 Å². The lowest BCUT2D eigenvalue weighted by Crippen LogP contribution is -2.25. The van der Waals surface area contributed by atoms with Gasteiger partial charge < -0.3 is 14.6 Å². The molecule has 0 aliphatic rings. The van der Waals surface area contributed by atoms with Crippen molar-refractivity contribution in [3.8, 4) is 0 Å². The minimum Gasteiger partial charge on any atom is -0.451 e. The van der Waals surface area contributed by atoms with E-state index >= 15 is 0 Å². The summed E-state index contributed by atoms with van der Waals surface area (Å²) < 4.78 is 5.34. The van der Waals surface area contributed by atoms with Crippen LogP contribution in [0.25, 0.3) is 0 Å². The van der Waals surface area contributed by atoms with Gasteiger partial charge in [0.1, 0.15) is 0 Å². The molecule has 1 atom stereocenters. The number of carbonyl (C=O) groups is 3. The van der Waals surface area contributed by atoms with Crippen molar-refractivity contribution in [2.75, 3.05) is 19.0 Å². The molecule has 0 amide bonds. The van der Waals surface area contributed by atoms with E-state index in [1.54, 1.807) is 32.0 Å². The number of Topliss-reactive ketones (excluding diaryl/α,β-unsaturated/α-hetero) is 2. The van der Waals surface area contributed by atoms with E-state index in [4.69, 9.17) is 4.74 Å². The van der Waals surface area contributed by atoms with Gasteiger partial charge in [-0.25, -0.2) is 4.79 Å². The molecular weight excluding hydrogens is 332 g/mol. The van der Waals surface area contributed by atoms with Crippen LogP contribution < -0.4 is 4.90 Å². The van der Waals surface area contributed by atoms with E-state index in [0.29, 0.717) is 28.1 Å². The predicted octanol–water partition coefficient (Wildman–Crippen LogP) is 3.33. The van der Waals surface area contributed by atoms with Crippen molar-refractivity contribution in [1.82, 2.24) is 4.98 Å². The first kappa shape index (κ1) is 19.4. The van der Waals surface area contributed by atoms with Gasteiger partial charge in [-0.2, -0.15) is 0 Å². The van der Waals surface area contributed by atoms with Crippen LogP contribution in [0, 0.1) is 13.8 Å². The number of esters is 1. The van der Waals surface area contributed by atoms with Crippen LogP contribution in [-0.2, 0) is 4.74 Å². The van der Waals surface area contributed by atoms with Crippen LogP contribution in [0.2, 0.25) is 0 Å². The highest BCUT2D eigenvalue weighted by atomic mass is 16.5. The molecule has 0 aliphatic carbocycles. The second-order valence-corrected chi connectivity index (χ2v) is 6.54. The van der Waals surface area contributed by atoms with E-state index in [9.17, 15) is 14.4 Å². The van der Waals surface area contributed by atoms with Crippen LogP contribution in [-0.4, -0.2) is 42.7 Å². The predicted molar refractivity (Wildman–Crippen MR) is 100 cm³/mol. The summed E-state index contributed by atoms with van der Waals surface area (Å²) in [6, 6.07) is 6.98. The number of rotatable bonds is 6. The van der Waals surface area contributed by atoms with Gasteiger partial charge in [0.25, 0.3) is 0 Å². The van der Waals surface area contributed by atoms with Crippen molar-refractivity contribution >= 4 is 23.2 Å². The molecule has 2 aromatic rings. The first-order valence-electron chi connectivity index (χ1n) is 8.36. The summed E-state index contributed by atoms with van der Waals surface area (Å²) in [5.41, 5.74) is 3.26. The normalized spacial score (nSPS) is 11.8. The summed E-state index contributed by atoms with van der Waals surface area (Å²) in [7, 11) is 3.75. The Morgan fingerprint density at radius 3 is 2.35 bits per heavy atom. The highest BCUT2D eigenvalue weighted by molar-refractivity contribution is 6.05. The summed E-state index contributed by atoms with van der Waals surface area (Å²) in [4.78, 5) is 41.6. The number of aromatic amines is 1. The fourth-order valence-electron chi connectivity index (χ4n) is 2.92. The third kappa shape index (κ3) is 3.85. The van der Waals surface area contributed by atoms with Gasteiger partial charge in [-0.05, 0) is 51.5 Å². The van der Waals surface area contributed by atoms with E-state index in [1.807, 2.05) is 25.1 Å². The van der Waals surface area contributed by atoms with E-state index < -0.39 is 12.1 Å². The van der Waals surface area contributed by atoms with Gasteiger partial charge in [0.2, 0.25) is 5.78 Å². The number of hydrogen-bond donors (Lipinski definition) is 1. The maximum absolute atomic E-state index is 12.7. The van der Waals surface area contributed by atoms with E-state index in [2.05, 4.69) is 4.98 Å². The Morgan fingerprint density at radius 2 is 1.81 bits per heavy atom. The molecule has 1 aromatic heterocycles. The number of aromatic nitrogens is 1. The topological polar surface area (TPSA) is 79.5 Å². The molecule has 6 heteroatoms. The number of hydrogen-bond acceptors (Lipinski definition) is 5. The lowest BCUT2D eigenvalue weighted by molar-refractivity contribution is 0.0317.